The number of alkyl halides is 1. The molecular weight excluding hydrogens is 175 g/mol. The topological polar surface area (TPSA) is 0 Å². The zero-order valence-corrected chi connectivity index (χ0v) is 10.4. The largest absolute Gasteiger partial charge is 0.244 e. The average Bonchev–Trinajstić information content (AvgIpc) is 1.76. The van der Waals surface area contributed by atoms with Crippen LogP contribution in [0, 0.1) is 10.8 Å². The maximum Gasteiger partial charge on any atom is 0.112 e. The molecule has 0 aromatic carbocycles. The van der Waals surface area contributed by atoms with Gasteiger partial charge in [-0.05, 0) is 30.6 Å². The van der Waals surface area contributed by atoms with Crippen LogP contribution < -0.4 is 0 Å². The molecule has 0 radical (unpaired) electrons. The molecule has 1 heteroatoms. The first-order chi connectivity index (χ1) is 6.05. The molecule has 0 saturated heterocycles. The molecule has 1 atom stereocenters. The third-order valence-electron chi connectivity index (χ3n) is 3.08. The Balaban J connectivity index is 3.04. The van der Waals surface area contributed by atoms with Gasteiger partial charge < -0.3 is 0 Å². The minimum absolute atomic E-state index is 0. The maximum atomic E-state index is 13.9. The Morgan fingerprint density at radius 2 is 1.71 bits per heavy atom. The van der Waals surface area contributed by atoms with Crippen LogP contribution in [0.15, 0.2) is 11.6 Å². The van der Waals surface area contributed by atoms with Gasteiger partial charge in [0.1, 0.15) is 5.67 Å². The van der Waals surface area contributed by atoms with Gasteiger partial charge in [0.05, 0.1) is 0 Å². The number of rotatable bonds is 0. The van der Waals surface area contributed by atoms with Crippen molar-refractivity contribution < 1.29 is 4.39 Å². The fourth-order valence-electron chi connectivity index (χ4n) is 3.00. The van der Waals surface area contributed by atoms with Crippen molar-refractivity contribution >= 4 is 0 Å². The van der Waals surface area contributed by atoms with Crippen molar-refractivity contribution in [3.05, 3.63) is 11.6 Å². The third-order valence-corrected chi connectivity index (χ3v) is 3.08. The lowest BCUT2D eigenvalue weighted by molar-refractivity contribution is 0.104. The summed E-state index contributed by atoms with van der Waals surface area (Å²) in [4.78, 5) is 0. The van der Waals surface area contributed by atoms with E-state index in [1.165, 1.54) is 5.57 Å². The summed E-state index contributed by atoms with van der Waals surface area (Å²) in [5.41, 5.74) is 0.554. The van der Waals surface area contributed by atoms with Gasteiger partial charge in [0.25, 0.3) is 0 Å². The Bertz CT molecular complexity index is 251. The predicted octanol–water partition coefficient (Wildman–Crippen LogP) is 4.51. The summed E-state index contributed by atoms with van der Waals surface area (Å²) in [5.74, 6) is 0. The molecule has 0 N–H and O–H groups in total. The molecule has 0 amide bonds. The Hall–Kier alpha value is -0.330. The highest BCUT2D eigenvalue weighted by atomic mass is 19.1. The van der Waals surface area contributed by atoms with Crippen molar-refractivity contribution in [1.29, 1.82) is 0 Å². The molecule has 82 valence electrons. The monoisotopic (exact) mass is 198 g/mol. The summed E-state index contributed by atoms with van der Waals surface area (Å²) < 4.78 is 13.9. The summed E-state index contributed by atoms with van der Waals surface area (Å²) in [6.07, 6.45) is 3.33. The van der Waals surface area contributed by atoms with Crippen molar-refractivity contribution in [2.45, 2.75) is 60.1 Å². The molecule has 0 saturated carbocycles. The molecule has 0 fully saturated rings. The van der Waals surface area contributed by atoms with Crippen LogP contribution in [0.2, 0.25) is 0 Å². The zero-order valence-electron chi connectivity index (χ0n) is 10.4. The Morgan fingerprint density at radius 3 is 2.07 bits per heavy atom. The molecule has 0 heterocycles. The van der Waals surface area contributed by atoms with Crippen LogP contribution in [0.3, 0.4) is 0 Å². The minimum atomic E-state index is -1.02. The molecule has 1 unspecified atom stereocenters. The molecule has 0 bridgehead atoms. The van der Waals surface area contributed by atoms with Gasteiger partial charge >= 0.3 is 0 Å². The Morgan fingerprint density at radius 1 is 1.21 bits per heavy atom. The van der Waals surface area contributed by atoms with Crippen molar-refractivity contribution in [2.75, 3.05) is 0 Å². The standard InChI is InChI=1S/C13H23F/c1-11(2,3)10-7-8-13(6,14)9-12(10,4)5/h7H,8-9H2,1-6H3. The lowest BCUT2D eigenvalue weighted by Crippen LogP contribution is -2.36. The molecule has 1 rings (SSSR count). The summed E-state index contributed by atoms with van der Waals surface area (Å²) in [7, 11) is 0. The molecule has 1 aliphatic carbocycles. The summed E-state index contributed by atoms with van der Waals surface area (Å²) in [6, 6.07) is 0. The first-order valence-corrected chi connectivity index (χ1v) is 5.45. The summed E-state index contributed by atoms with van der Waals surface area (Å²) in [6.45, 7) is 12.7. The van der Waals surface area contributed by atoms with E-state index in [2.05, 4.69) is 40.7 Å². The second-order valence-electron chi connectivity index (χ2n) is 6.55. The van der Waals surface area contributed by atoms with E-state index in [0.29, 0.717) is 12.8 Å². The molecule has 0 aromatic heterocycles. The third kappa shape index (κ3) is 2.37. The average molecular weight is 198 g/mol. The number of hydrogen-bond donors (Lipinski definition) is 0. The van der Waals surface area contributed by atoms with E-state index in [9.17, 15) is 4.39 Å². The highest BCUT2D eigenvalue weighted by Crippen LogP contribution is 2.49. The van der Waals surface area contributed by atoms with E-state index >= 15 is 0 Å². The van der Waals surface area contributed by atoms with Crippen LogP contribution in [0.5, 0.6) is 0 Å². The smallest absolute Gasteiger partial charge is 0.112 e. The first-order valence-electron chi connectivity index (χ1n) is 5.45. The molecule has 0 spiro atoms. The SMILES string of the molecule is CC1(F)CC=C(C(C)(C)C)C(C)(C)C1. The predicted molar refractivity (Wildman–Crippen MR) is 60.1 cm³/mol. The summed E-state index contributed by atoms with van der Waals surface area (Å²) >= 11 is 0. The van der Waals surface area contributed by atoms with Crippen LogP contribution >= 0.6 is 0 Å². The summed E-state index contributed by atoms with van der Waals surface area (Å²) in [5, 5.41) is 0. The molecule has 0 nitrogen and oxygen atoms in total. The second kappa shape index (κ2) is 3.08. The van der Waals surface area contributed by atoms with Gasteiger partial charge in [0.2, 0.25) is 0 Å². The molecule has 14 heavy (non-hydrogen) atoms. The fraction of sp³-hybridized carbons (Fsp3) is 0.846. The van der Waals surface area contributed by atoms with Gasteiger partial charge in [-0.1, -0.05) is 46.3 Å². The first kappa shape index (κ1) is 11.7. The van der Waals surface area contributed by atoms with Crippen LogP contribution in [0.4, 0.5) is 4.39 Å². The zero-order chi connectivity index (χ0) is 11.2. The van der Waals surface area contributed by atoms with Crippen molar-refractivity contribution in [2.24, 2.45) is 10.8 Å². The number of halogens is 1. The minimum Gasteiger partial charge on any atom is -0.244 e. The second-order valence-corrected chi connectivity index (χ2v) is 6.55. The fourth-order valence-corrected chi connectivity index (χ4v) is 3.00. The normalized spacial score (nSPS) is 32.6. The Labute approximate surface area is 87.6 Å². The van der Waals surface area contributed by atoms with Gasteiger partial charge in [-0.3, -0.25) is 0 Å². The highest BCUT2D eigenvalue weighted by Gasteiger charge is 2.41. The number of hydrogen-bond acceptors (Lipinski definition) is 0. The molecule has 0 aromatic rings. The van der Waals surface area contributed by atoms with Gasteiger partial charge in [-0.2, -0.15) is 0 Å². The van der Waals surface area contributed by atoms with Crippen molar-refractivity contribution in [1.82, 2.24) is 0 Å². The Kier molecular flexibility index (Phi) is 2.58. The van der Waals surface area contributed by atoms with Gasteiger partial charge in [0, 0.05) is 0 Å². The van der Waals surface area contributed by atoms with Gasteiger partial charge in [-0.25, -0.2) is 4.39 Å². The van der Waals surface area contributed by atoms with Crippen LogP contribution in [0.1, 0.15) is 54.4 Å². The quantitative estimate of drug-likeness (QED) is 0.502. The molecule has 0 aliphatic heterocycles. The molecular formula is C13H23F. The van der Waals surface area contributed by atoms with Crippen molar-refractivity contribution in [3.8, 4) is 0 Å². The number of allylic oxidation sites excluding steroid dienone is 2. The van der Waals surface area contributed by atoms with Crippen LogP contribution in [0.25, 0.3) is 0 Å². The lowest BCUT2D eigenvalue weighted by atomic mass is 9.63. The van der Waals surface area contributed by atoms with Crippen LogP contribution in [-0.4, -0.2) is 5.67 Å². The van der Waals surface area contributed by atoms with Crippen molar-refractivity contribution in [3.63, 3.8) is 0 Å². The maximum absolute atomic E-state index is 13.9. The van der Waals surface area contributed by atoms with Gasteiger partial charge in [0.15, 0.2) is 0 Å². The lowest BCUT2D eigenvalue weighted by Gasteiger charge is -2.43. The van der Waals surface area contributed by atoms with Gasteiger partial charge in [-0.15, -0.1) is 0 Å². The van der Waals surface area contributed by atoms with E-state index in [1.54, 1.807) is 6.92 Å². The van der Waals surface area contributed by atoms with E-state index in [0.717, 1.165) is 0 Å². The van der Waals surface area contributed by atoms with E-state index in [1.807, 2.05) is 0 Å². The van der Waals surface area contributed by atoms with E-state index in [-0.39, 0.29) is 10.8 Å². The molecule has 1 aliphatic rings. The van der Waals surface area contributed by atoms with E-state index < -0.39 is 5.67 Å². The highest BCUT2D eigenvalue weighted by molar-refractivity contribution is 5.24. The van der Waals surface area contributed by atoms with Crippen LogP contribution in [-0.2, 0) is 0 Å². The van der Waals surface area contributed by atoms with E-state index in [4.69, 9.17) is 0 Å².